The molecule has 0 spiro atoms. The molecule has 2 aromatic heterocycles. The minimum atomic E-state index is -0.111. The number of amides is 1. The zero-order chi connectivity index (χ0) is 13.0. The molecule has 4 nitrogen and oxygen atoms in total. The molecule has 1 N–H and O–H groups in total. The number of carbonyl (C=O) groups excluding carboxylic acids is 1. The summed E-state index contributed by atoms with van der Waals surface area (Å²) in [7, 11) is 0. The summed E-state index contributed by atoms with van der Waals surface area (Å²) in [4.78, 5) is 12.1. The van der Waals surface area contributed by atoms with Crippen LogP contribution in [0.5, 0.6) is 0 Å². The molecule has 1 amide bonds. The Kier molecular flexibility index (Phi) is 4.43. The summed E-state index contributed by atoms with van der Waals surface area (Å²) in [6, 6.07) is 5.71. The summed E-state index contributed by atoms with van der Waals surface area (Å²) < 4.78 is 6.06. The molecule has 0 aliphatic carbocycles. The number of thioether (sulfide) groups is 1. The van der Waals surface area contributed by atoms with Crippen LogP contribution >= 0.6 is 23.1 Å². The summed E-state index contributed by atoms with van der Waals surface area (Å²) in [5, 5.41) is 8.42. The van der Waals surface area contributed by atoms with Gasteiger partial charge in [-0.2, -0.15) is 0 Å². The maximum absolute atomic E-state index is 12.1. The van der Waals surface area contributed by atoms with E-state index < -0.39 is 0 Å². The molecule has 0 unspecified atom stereocenters. The van der Waals surface area contributed by atoms with Crippen LogP contribution in [0.2, 0.25) is 0 Å². The first-order chi connectivity index (χ1) is 8.69. The molecule has 0 radical (unpaired) electrons. The lowest BCUT2D eigenvalue weighted by Crippen LogP contribution is -2.24. The number of carbonyl (C=O) groups is 1. The van der Waals surface area contributed by atoms with Crippen molar-refractivity contribution in [2.24, 2.45) is 0 Å². The topological polar surface area (TPSA) is 55.1 Å². The van der Waals surface area contributed by atoms with Crippen LogP contribution in [0.3, 0.4) is 0 Å². The maximum atomic E-state index is 12.1. The summed E-state index contributed by atoms with van der Waals surface area (Å²) >= 11 is 3.22. The molecule has 0 bridgehead atoms. The second kappa shape index (κ2) is 6.06. The van der Waals surface area contributed by atoms with Gasteiger partial charge in [-0.25, -0.2) is 0 Å². The molecule has 1 atom stereocenters. The number of hydrogen-bond acceptors (Lipinski definition) is 5. The molecule has 0 aliphatic heterocycles. The molecule has 2 heterocycles. The van der Waals surface area contributed by atoms with E-state index in [0.29, 0.717) is 11.6 Å². The molecule has 2 aromatic rings. The van der Waals surface area contributed by atoms with Crippen molar-refractivity contribution in [3.8, 4) is 0 Å². The minimum absolute atomic E-state index is 0.0378. The van der Waals surface area contributed by atoms with Gasteiger partial charge >= 0.3 is 0 Å². The average molecular weight is 282 g/mol. The Hall–Kier alpha value is -1.27. The van der Waals surface area contributed by atoms with Crippen LogP contribution in [0, 0.1) is 6.92 Å². The Morgan fingerprint density at radius 2 is 2.50 bits per heavy atom. The van der Waals surface area contributed by atoms with Gasteiger partial charge in [0.05, 0.1) is 9.46 Å². The van der Waals surface area contributed by atoms with E-state index in [0.717, 1.165) is 10.6 Å². The second-order valence-electron chi connectivity index (χ2n) is 3.76. The summed E-state index contributed by atoms with van der Waals surface area (Å²) in [5.41, 5.74) is 0. The molecule has 0 saturated carbocycles. The van der Waals surface area contributed by atoms with E-state index >= 15 is 0 Å². The average Bonchev–Trinajstić information content (AvgIpc) is 2.97. The molecule has 0 aromatic carbocycles. The Bertz CT molecular complexity index is 508. The number of aryl methyl sites for hydroxylation is 1. The van der Waals surface area contributed by atoms with Gasteiger partial charge in [-0.3, -0.25) is 4.79 Å². The fourth-order valence-corrected chi connectivity index (χ4v) is 3.38. The van der Waals surface area contributed by atoms with Gasteiger partial charge in [0.15, 0.2) is 5.82 Å². The van der Waals surface area contributed by atoms with Crippen LogP contribution in [0.25, 0.3) is 0 Å². The van der Waals surface area contributed by atoms with Gasteiger partial charge in [-0.05, 0) is 24.8 Å². The van der Waals surface area contributed by atoms with Crippen molar-refractivity contribution in [1.29, 1.82) is 0 Å². The normalized spacial score (nSPS) is 12.3. The highest BCUT2D eigenvalue weighted by Crippen LogP contribution is 2.30. The number of rotatable bonds is 5. The third-order valence-electron chi connectivity index (χ3n) is 2.30. The van der Waals surface area contributed by atoms with Crippen LogP contribution in [-0.2, 0) is 4.79 Å². The highest BCUT2D eigenvalue weighted by molar-refractivity contribution is 8.02. The number of aromatic nitrogens is 1. The summed E-state index contributed by atoms with van der Waals surface area (Å²) in [5.74, 6) is 1.12. The molecule has 2 rings (SSSR count). The van der Waals surface area contributed by atoms with Crippen molar-refractivity contribution >= 4 is 34.8 Å². The van der Waals surface area contributed by atoms with Crippen molar-refractivity contribution in [1.82, 2.24) is 5.16 Å². The lowest BCUT2D eigenvalue weighted by Gasteiger charge is -2.11. The predicted molar refractivity (Wildman–Crippen MR) is 74.1 cm³/mol. The van der Waals surface area contributed by atoms with Crippen LogP contribution in [0.15, 0.2) is 32.3 Å². The summed E-state index contributed by atoms with van der Waals surface area (Å²) in [6.45, 7) is 3.79. The maximum Gasteiger partial charge on any atom is 0.239 e. The molecule has 0 saturated heterocycles. The number of nitrogens with zero attached hydrogens (tertiary/aromatic N) is 1. The third kappa shape index (κ3) is 3.36. The number of nitrogens with one attached hydrogen (secondary N) is 1. The van der Waals surface area contributed by atoms with E-state index in [2.05, 4.69) is 10.5 Å². The van der Waals surface area contributed by atoms with E-state index in [9.17, 15) is 4.79 Å². The van der Waals surface area contributed by atoms with Crippen molar-refractivity contribution in [3.05, 3.63) is 29.3 Å². The molecule has 6 heteroatoms. The van der Waals surface area contributed by atoms with E-state index in [1.807, 2.05) is 24.4 Å². The van der Waals surface area contributed by atoms with Crippen molar-refractivity contribution in [3.63, 3.8) is 0 Å². The van der Waals surface area contributed by atoms with Gasteiger partial charge in [-0.15, -0.1) is 23.1 Å². The van der Waals surface area contributed by atoms with E-state index in [-0.39, 0.29) is 11.2 Å². The Labute approximate surface area is 114 Å². The Morgan fingerprint density at radius 3 is 3.06 bits per heavy atom. The Morgan fingerprint density at radius 1 is 1.67 bits per heavy atom. The van der Waals surface area contributed by atoms with Gasteiger partial charge in [-0.1, -0.05) is 18.1 Å². The molecule has 18 heavy (non-hydrogen) atoms. The van der Waals surface area contributed by atoms with Crippen LogP contribution in [0.4, 0.5) is 5.82 Å². The largest absolute Gasteiger partial charge is 0.360 e. The molecule has 0 aliphatic rings. The van der Waals surface area contributed by atoms with Gasteiger partial charge in [0.2, 0.25) is 5.91 Å². The van der Waals surface area contributed by atoms with Gasteiger partial charge in [0.1, 0.15) is 5.76 Å². The Balaban J connectivity index is 1.97. The third-order valence-corrected chi connectivity index (χ3v) is 4.74. The fourth-order valence-electron chi connectivity index (χ4n) is 1.43. The highest BCUT2D eigenvalue weighted by atomic mass is 32.2. The zero-order valence-electron chi connectivity index (χ0n) is 10.2. The second-order valence-corrected chi connectivity index (χ2v) is 6.21. The molecular formula is C12H14N2O2S2. The number of anilines is 1. The van der Waals surface area contributed by atoms with E-state index in [1.54, 1.807) is 36.1 Å². The molecular weight excluding hydrogens is 268 g/mol. The zero-order valence-corrected chi connectivity index (χ0v) is 11.8. The smallest absolute Gasteiger partial charge is 0.239 e. The lowest BCUT2D eigenvalue weighted by molar-refractivity contribution is -0.115. The fraction of sp³-hybridized carbons (Fsp3) is 0.333. The van der Waals surface area contributed by atoms with Gasteiger partial charge < -0.3 is 9.84 Å². The van der Waals surface area contributed by atoms with Crippen LogP contribution in [0.1, 0.15) is 19.1 Å². The monoisotopic (exact) mass is 282 g/mol. The van der Waals surface area contributed by atoms with Crippen molar-refractivity contribution in [2.75, 3.05) is 5.32 Å². The standard InChI is InChI=1S/C12H14N2O2S2/c1-3-9(18-11-5-4-6-17-11)12(15)13-10-7-8(2)16-14-10/h4-7,9H,3H2,1-2H3,(H,13,14,15)/t9-/m0/s1. The number of hydrogen-bond donors (Lipinski definition) is 1. The summed E-state index contributed by atoms with van der Waals surface area (Å²) in [6.07, 6.45) is 0.769. The first-order valence-corrected chi connectivity index (χ1v) is 7.39. The van der Waals surface area contributed by atoms with Crippen molar-refractivity contribution in [2.45, 2.75) is 29.7 Å². The minimum Gasteiger partial charge on any atom is -0.360 e. The van der Waals surface area contributed by atoms with E-state index in [4.69, 9.17) is 4.52 Å². The first-order valence-electron chi connectivity index (χ1n) is 5.63. The highest BCUT2D eigenvalue weighted by Gasteiger charge is 2.19. The SMILES string of the molecule is CC[C@H](Sc1cccs1)C(=O)Nc1cc(C)on1. The van der Waals surface area contributed by atoms with E-state index in [1.165, 1.54) is 0 Å². The van der Waals surface area contributed by atoms with Crippen LogP contribution < -0.4 is 5.32 Å². The van der Waals surface area contributed by atoms with Gasteiger partial charge in [0, 0.05) is 6.07 Å². The van der Waals surface area contributed by atoms with Gasteiger partial charge in [0.25, 0.3) is 0 Å². The quantitative estimate of drug-likeness (QED) is 0.852. The molecule has 96 valence electrons. The predicted octanol–water partition coefficient (Wildman–Crippen LogP) is 3.55. The van der Waals surface area contributed by atoms with Crippen molar-refractivity contribution < 1.29 is 9.32 Å². The number of thiophene rings is 1. The first kappa shape index (κ1) is 13.2. The lowest BCUT2D eigenvalue weighted by atomic mass is 10.3. The van der Waals surface area contributed by atoms with Crippen LogP contribution in [-0.4, -0.2) is 16.3 Å². The molecule has 0 fully saturated rings.